The highest BCUT2D eigenvalue weighted by molar-refractivity contribution is 5.74. The van der Waals surface area contributed by atoms with Crippen LogP contribution in [0.15, 0.2) is 27.4 Å². The van der Waals surface area contributed by atoms with Crippen molar-refractivity contribution in [3.63, 3.8) is 0 Å². The maximum absolute atomic E-state index is 11.4. The summed E-state index contributed by atoms with van der Waals surface area (Å²) in [5, 5.41) is 8.69. The molecule has 0 saturated heterocycles. The summed E-state index contributed by atoms with van der Waals surface area (Å²) in [6, 6.07) is 3.69. The lowest BCUT2D eigenvalue weighted by Gasteiger charge is -2.18. The first kappa shape index (κ1) is 13.3. The molecule has 1 heterocycles. The van der Waals surface area contributed by atoms with Gasteiger partial charge in [0.2, 0.25) is 0 Å². The minimum absolute atomic E-state index is 0.224. The molecule has 1 aromatic carbocycles. The van der Waals surface area contributed by atoms with Crippen molar-refractivity contribution in [2.45, 2.75) is 18.5 Å². The Hall–Kier alpha value is -2.12. The molecule has 0 saturated carbocycles. The molecule has 0 fully saturated rings. The Morgan fingerprint density at radius 2 is 2.16 bits per heavy atom. The third-order valence-electron chi connectivity index (χ3n) is 3.07. The van der Waals surface area contributed by atoms with E-state index in [9.17, 15) is 9.59 Å². The van der Waals surface area contributed by atoms with E-state index in [0.717, 1.165) is 0 Å². The van der Waals surface area contributed by atoms with Gasteiger partial charge in [-0.15, -0.1) is 0 Å². The molecule has 0 aliphatic rings. The first-order valence-corrected chi connectivity index (χ1v) is 5.72. The highest BCUT2D eigenvalue weighted by Crippen LogP contribution is 2.20. The molecule has 7 nitrogen and oxygen atoms in total. The standard InChI is InChI=1S/C12H15N3O4/c1-15-8-3-2-6(4-9(8)19-12(15)18)11(14)7(13)5-10(16)17/h2-4,7,11H,5,13-14H2,1H3,(H,16,17). The zero-order chi connectivity index (χ0) is 14.2. The average Bonchev–Trinajstić information content (AvgIpc) is 2.63. The number of oxazole rings is 1. The number of aliphatic carboxylic acids is 1. The van der Waals surface area contributed by atoms with Crippen LogP contribution in [0.25, 0.3) is 11.1 Å². The van der Waals surface area contributed by atoms with E-state index in [0.29, 0.717) is 16.7 Å². The number of hydrogen-bond acceptors (Lipinski definition) is 5. The number of rotatable bonds is 4. The van der Waals surface area contributed by atoms with Gasteiger partial charge in [-0.25, -0.2) is 4.79 Å². The quantitative estimate of drug-likeness (QED) is 0.711. The summed E-state index contributed by atoms with van der Waals surface area (Å²) in [4.78, 5) is 22.0. The van der Waals surface area contributed by atoms with Crippen molar-refractivity contribution >= 4 is 17.1 Å². The van der Waals surface area contributed by atoms with E-state index in [1.54, 1.807) is 25.2 Å². The summed E-state index contributed by atoms with van der Waals surface area (Å²) >= 11 is 0. The van der Waals surface area contributed by atoms with Crippen molar-refractivity contribution in [2.24, 2.45) is 18.5 Å². The van der Waals surface area contributed by atoms with Crippen LogP contribution in [-0.4, -0.2) is 21.7 Å². The molecule has 0 aliphatic heterocycles. The molecule has 1 aromatic heterocycles. The fourth-order valence-corrected chi connectivity index (χ4v) is 1.93. The third-order valence-corrected chi connectivity index (χ3v) is 3.07. The molecule has 2 aromatic rings. The molecule has 2 atom stereocenters. The molecule has 7 heteroatoms. The van der Waals surface area contributed by atoms with Gasteiger partial charge in [0.25, 0.3) is 0 Å². The monoisotopic (exact) mass is 265 g/mol. The van der Waals surface area contributed by atoms with Gasteiger partial charge in [0, 0.05) is 19.1 Å². The fourth-order valence-electron chi connectivity index (χ4n) is 1.93. The number of nitrogens with zero attached hydrogens (tertiary/aromatic N) is 1. The van der Waals surface area contributed by atoms with Crippen molar-refractivity contribution < 1.29 is 14.3 Å². The molecule has 5 N–H and O–H groups in total. The summed E-state index contributed by atoms with van der Waals surface area (Å²) in [7, 11) is 1.60. The number of fused-ring (bicyclic) bond motifs is 1. The van der Waals surface area contributed by atoms with E-state index in [1.807, 2.05) is 0 Å². The van der Waals surface area contributed by atoms with Crippen molar-refractivity contribution in [1.82, 2.24) is 4.57 Å². The SMILES string of the molecule is Cn1c(=O)oc2cc(C(N)C(N)CC(=O)O)ccc21. The van der Waals surface area contributed by atoms with Crippen LogP contribution in [0.2, 0.25) is 0 Å². The highest BCUT2D eigenvalue weighted by atomic mass is 16.4. The molecule has 0 amide bonds. The second kappa shape index (κ2) is 4.87. The number of carbonyl (C=O) groups is 1. The van der Waals surface area contributed by atoms with Gasteiger partial charge in [-0.3, -0.25) is 9.36 Å². The van der Waals surface area contributed by atoms with E-state index in [1.165, 1.54) is 4.57 Å². The minimum atomic E-state index is -1.00. The summed E-state index contributed by atoms with van der Waals surface area (Å²) < 4.78 is 6.42. The number of carboxylic acid groups (broad SMARTS) is 1. The summed E-state index contributed by atoms with van der Waals surface area (Å²) in [5.41, 5.74) is 13.3. The predicted molar refractivity (Wildman–Crippen MR) is 68.6 cm³/mol. The first-order chi connectivity index (χ1) is 8.90. The summed E-state index contributed by atoms with van der Waals surface area (Å²) in [5.74, 6) is -1.47. The normalized spacial score (nSPS) is 14.5. The van der Waals surface area contributed by atoms with Crippen molar-refractivity contribution in [3.05, 3.63) is 34.3 Å². The van der Waals surface area contributed by atoms with Gasteiger partial charge in [-0.05, 0) is 17.7 Å². The zero-order valence-corrected chi connectivity index (χ0v) is 10.4. The van der Waals surface area contributed by atoms with E-state index < -0.39 is 23.8 Å². The van der Waals surface area contributed by atoms with Crippen LogP contribution in [0.5, 0.6) is 0 Å². The second-order valence-corrected chi connectivity index (χ2v) is 4.44. The minimum Gasteiger partial charge on any atom is -0.481 e. The molecule has 0 aliphatic carbocycles. The number of carboxylic acids is 1. The van der Waals surface area contributed by atoms with Gasteiger partial charge in [-0.2, -0.15) is 0 Å². The summed E-state index contributed by atoms with van der Waals surface area (Å²) in [6.07, 6.45) is -0.224. The van der Waals surface area contributed by atoms with Gasteiger partial charge in [0.1, 0.15) is 0 Å². The lowest BCUT2D eigenvalue weighted by atomic mass is 9.98. The molecule has 0 spiro atoms. The number of nitrogens with two attached hydrogens (primary N) is 2. The van der Waals surface area contributed by atoms with Crippen LogP contribution >= 0.6 is 0 Å². The number of hydrogen-bond donors (Lipinski definition) is 3. The lowest BCUT2D eigenvalue weighted by Crippen LogP contribution is -2.36. The maximum atomic E-state index is 11.4. The van der Waals surface area contributed by atoms with Crippen LogP contribution in [0.4, 0.5) is 0 Å². The molecule has 0 bridgehead atoms. The largest absolute Gasteiger partial charge is 0.481 e. The molecular weight excluding hydrogens is 250 g/mol. The van der Waals surface area contributed by atoms with Crippen LogP contribution in [0.1, 0.15) is 18.0 Å². The third kappa shape index (κ3) is 2.51. The van der Waals surface area contributed by atoms with Crippen LogP contribution in [0.3, 0.4) is 0 Å². The molecule has 0 radical (unpaired) electrons. The first-order valence-electron chi connectivity index (χ1n) is 5.72. The van der Waals surface area contributed by atoms with E-state index in [-0.39, 0.29) is 6.42 Å². The van der Waals surface area contributed by atoms with Crippen LogP contribution in [-0.2, 0) is 11.8 Å². The number of aryl methyl sites for hydroxylation is 1. The van der Waals surface area contributed by atoms with Crippen molar-refractivity contribution in [3.8, 4) is 0 Å². The number of aromatic nitrogens is 1. The van der Waals surface area contributed by atoms with Gasteiger partial charge < -0.3 is 21.0 Å². The lowest BCUT2D eigenvalue weighted by molar-refractivity contribution is -0.137. The Balaban J connectivity index is 2.35. The Kier molecular flexibility index (Phi) is 3.41. The van der Waals surface area contributed by atoms with Gasteiger partial charge in [0.15, 0.2) is 5.58 Å². The van der Waals surface area contributed by atoms with Crippen molar-refractivity contribution in [2.75, 3.05) is 0 Å². The zero-order valence-electron chi connectivity index (χ0n) is 10.4. The summed E-state index contributed by atoms with van der Waals surface area (Å²) in [6.45, 7) is 0. The van der Waals surface area contributed by atoms with E-state index in [4.69, 9.17) is 21.0 Å². The smallest absolute Gasteiger partial charge is 0.419 e. The Morgan fingerprint density at radius 1 is 1.47 bits per heavy atom. The Labute approximate surface area is 108 Å². The topological polar surface area (TPSA) is 124 Å². The highest BCUT2D eigenvalue weighted by Gasteiger charge is 2.19. The molecule has 19 heavy (non-hydrogen) atoms. The number of benzene rings is 1. The molecule has 2 rings (SSSR count). The Morgan fingerprint density at radius 3 is 2.79 bits per heavy atom. The van der Waals surface area contributed by atoms with Gasteiger partial charge in [-0.1, -0.05) is 6.07 Å². The predicted octanol–water partition coefficient (Wildman–Crippen LogP) is -0.0667. The van der Waals surface area contributed by atoms with E-state index >= 15 is 0 Å². The fraction of sp³-hybridized carbons (Fsp3) is 0.333. The molecule has 102 valence electrons. The Bertz CT molecular complexity index is 673. The molecule has 2 unspecified atom stereocenters. The maximum Gasteiger partial charge on any atom is 0.419 e. The van der Waals surface area contributed by atoms with Crippen LogP contribution < -0.4 is 17.2 Å². The van der Waals surface area contributed by atoms with Gasteiger partial charge in [0.05, 0.1) is 11.9 Å². The van der Waals surface area contributed by atoms with Crippen LogP contribution in [0, 0.1) is 0 Å². The van der Waals surface area contributed by atoms with Crippen molar-refractivity contribution in [1.29, 1.82) is 0 Å². The van der Waals surface area contributed by atoms with Gasteiger partial charge >= 0.3 is 11.7 Å². The van der Waals surface area contributed by atoms with E-state index in [2.05, 4.69) is 0 Å². The molecular formula is C12H15N3O4. The second-order valence-electron chi connectivity index (χ2n) is 4.44. The average molecular weight is 265 g/mol.